The van der Waals surface area contributed by atoms with Crippen molar-refractivity contribution < 1.29 is 18.7 Å². The summed E-state index contributed by atoms with van der Waals surface area (Å²) >= 11 is 0. The van der Waals surface area contributed by atoms with Crippen molar-refractivity contribution >= 4 is 17.4 Å². The molecule has 0 spiro atoms. The largest absolute Gasteiger partial charge is 0.491 e. The molecule has 2 aromatic rings. The number of likely N-dealkylation sites (N-methyl/N-ethyl adjacent to an activating group) is 1. The van der Waals surface area contributed by atoms with Gasteiger partial charge in [-0.25, -0.2) is 4.39 Å². The fourth-order valence-corrected chi connectivity index (χ4v) is 4.21. The highest BCUT2D eigenvalue weighted by Crippen LogP contribution is 2.33. The molecular formula is C26H30FN3O3. The van der Waals surface area contributed by atoms with Gasteiger partial charge in [0.1, 0.15) is 17.3 Å². The molecular weight excluding hydrogens is 421 g/mol. The summed E-state index contributed by atoms with van der Waals surface area (Å²) in [4.78, 5) is 32.5. The summed E-state index contributed by atoms with van der Waals surface area (Å²) in [5.74, 6) is -0.128. The number of piperazine rings is 1. The Balaban J connectivity index is 1.62. The summed E-state index contributed by atoms with van der Waals surface area (Å²) in [6.07, 6.45) is 0.523. The highest BCUT2D eigenvalue weighted by Gasteiger charge is 2.41. The molecule has 0 aliphatic carbocycles. The molecule has 1 saturated heterocycles. The zero-order valence-corrected chi connectivity index (χ0v) is 19.4. The Morgan fingerprint density at radius 1 is 0.909 bits per heavy atom. The SMILES string of the molecule is CC(C)Oc1ccc(C2=C(N3CCN(C)CC3)C(=O)N(CCc3ccc(F)cc3)C2=O)cc1. The summed E-state index contributed by atoms with van der Waals surface area (Å²) in [6, 6.07) is 13.5. The van der Waals surface area contributed by atoms with E-state index in [9.17, 15) is 14.0 Å². The van der Waals surface area contributed by atoms with E-state index in [1.807, 2.05) is 43.0 Å². The smallest absolute Gasteiger partial charge is 0.277 e. The van der Waals surface area contributed by atoms with E-state index in [1.54, 1.807) is 12.1 Å². The van der Waals surface area contributed by atoms with Crippen LogP contribution in [0.15, 0.2) is 54.2 Å². The van der Waals surface area contributed by atoms with E-state index in [1.165, 1.54) is 17.0 Å². The quantitative estimate of drug-likeness (QED) is 0.606. The Morgan fingerprint density at radius 3 is 2.15 bits per heavy atom. The highest BCUT2D eigenvalue weighted by molar-refractivity contribution is 6.35. The molecule has 2 heterocycles. The zero-order valence-electron chi connectivity index (χ0n) is 19.4. The number of nitrogens with zero attached hydrogens (tertiary/aromatic N) is 3. The van der Waals surface area contributed by atoms with Gasteiger partial charge in [-0.2, -0.15) is 0 Å². The van der Waals surface area contributed by atoms with E-state index < -0.39 is 0 Å². The number of imide groups is 1. The molecule has 0 unspecified atom stereocenters. The summed E-state index contributed by atoms with van der Waals surface area (Å²) < 4.78 is 19.0. The molecule has 2 aliphatic heterocycles. The average Bonchev–Trinajstić information content (AvgIpc) is 3.04. The molecule has 0 saturated carbocycles. The molecule has 1 fully saturated rings. The van der Waals surface area contributed by atoms with Crippen LogP contribution in [0.2, 0.25) is 0 Å². The van der Waals surface area contributed by atoms with Crippen LogP contribution in [0.4, 0.5) is 4.39 Å². The first kappa shape index (κ1) is 23.0. The van der Waals surface area contributed by atoms with Crippen molar-refractivity contribution in [2.75, 3.05) is 39.8 Å². The van der Waals surface area contributed by atoms with E-state index in [2.05, 4.69) is 11.9 Å². The van der Waals surface area contributed by atoms with Crippen molar-refractivity contribution in [3.8, 4) is 5.75 Å². The topological polar surface area (TPSA) is 53.1 Å². The molecule has 174 valence electrons. The third kappa shape index (κ3) is 5.09. The minimum atomic E-state index is -0.307. The van der Waals surface area contributed by atoms with E-state index in [0.717, 1.165) is 24.4 Å². The monoisotopic (exact) mass is 451 g/mol. The standard InChI is InChI=1S/C26H30FN3O3/c1-18(2)33-22-10-6-20(7-11-22)23-24(29-16-14-28(3)15-17-29)26(32)30(25(23)31)13-12-19-4-8-21(27)9-5-19/h4-11,18H,12-17H2,1-3H3. The van der Waals surface area contributed by atoms with E-state index >= 15 is 0 Å². The Labute approximate surface area is 194 Å². The van der Waals surface area contributed by atoms with Crippen LogP contribution < -0.4 is 4.74 Å². The molecule has 2 amide bonds. The normalized spacial score (nSPS) is 17.5. The van der Waals surface area contributed by atoms with Crippen LogP contribution in [-0.2, 0) is 16.0 Å². The first-order valence-corrected chi connectivity index (χ1v) is 11.4. The fourth-order valence-electron chi connectivity index (χ4n) is 4.21. The van der Waals surface area contributed by atoms with E-state index in [4.69, 9.17) is 4.74 Å². The number of carbonyl (C=O) groups is 2. The highest BCUT2D eigenvalue weighted by atomic mass is 19.1. The molecule has 0 N–H and O–H groups in total. The second-order valence-electron chi connectivity index (χ2n) is 8.84. The minimum absolute atomic E-state index is 0.0487. The lowest BCUT2D eigenvalue weighted by atomic mass is 10.0. The fraction of sp³-hybridized carbons (Fsp3) is 0.385. The van der Waals surface area contributed by atoms with Gasteiger partial charge >= 0.3 is 0 Å². The molecule has 0 aromatic heterocycles. The van der Waals surface area contributed by atoms with Crippen molar-refractivity contribution in [1.82, 2.24) is 14.7 Å². The number of benzene rings is 2. The van der Waals surface area contributed by atoms with Crippen molar-refractivity contribution in [1.29, 1.82) is 0 Å². The van der Waals surface area contributed by atoms with Crippen LogP contribution in [0.25, 0.3) is 5.57 Å². The van der Waals surface area contributed by atoms with Gasteiger partial charge in [0.05, 0.1) is 11.7 Å². The zero-order chi connectivity index (χ0) is 23.5. The number of ether oxygens (including phenoxy) is 1. The average molecular weight is 452 g/mol. The molecule has 0 atom stereocenters. The lowest BCUT2D eigenvalue weighted by Gasteiger charge is -2.34. The van der Waals surface area contributed by atoms with Gasteiger partial charge in [0.2, 0.25) is 0 Å². The maximum Gasteiger partial charge on any atom is 0.277 e. The van der Waals surface area contributed by atoms with Crippen LogP contribution in [0.1, 0.15) is 25.0 Å². The Hall–Kier alpha value is -3.19. The van der Waals surface area contributed by atoms with Gasteiger partial charge in [-0.3, -0.25) is 14.5 Å². The predicted octanol–water partition coefficient (Wildman–Crippen LogP) is 3.18. The Morgan fingerprint density at radius 2 is 1.55 bits per heavy atom. The van der Waals surface area contributed by atoms with Gasteiger partial charge in [0, 0.05) is 32.7 Å². The lowest BCUT2D eigenvalue weighted by Crippen LogP contribution is -2.46. The van der Waals surface area contributed by atoms with Crippen molar-refractivity contribution in [3.63, 3.8) is 0 Å². The van der Waals surface area contributed by atoms with Crippen LogP contribution in [0, 0.1) is 5.82 Å². The molecule has 2 aromatic carbocycles. The number of hydrogen-bond donors (Lipinski definition) is 0. The molecule has 6 nitrogen and oxygen atoms in total. The van der Waals surface area contributed by atoms with Gasteiger partial charge < -0.3 is 14.5 Å². The van der Waals surface area contributed by atoms with Crippen molar-refractivity contribution in [3.05, 3.63) is 71.2 Å². The summed E-state index contributed by atoms with van der Waals surface area (Å²) in [7, 11) is 2.05. The number of rotatable bonds is 7. The third-order valence-corrected chi connectivity index (χ3v) is 6.02. The third-order valence-electron chi connectivity index (χ3n) is 6.02. The second kappa shape index (κ2) is 9.75. The molecule has 0 bridgehead atoms. The minimum Gasteiger partial charge on any atom is -0.491 e. The molecule has 4 rings (SSSR count). The lowest BCUT2D eigenvalue weighted by molar-refractivity contribution is -0.137. The maximum atomic E-state index is 13.5. The van der Waals surface area contributed by atoms with E-state index in [-0.39, 0.29) is 30.3 Å². The van der Waals surface area contributed by atoms with Gasteiger partial charge in [-0.15, -0.1) is 0 Å². The predicted molar refractivity (Wildman–Crippen MR) is 125 cm³/mol. The number of hydrogen-bond acceptors (Lipinski definition) is 5. The molecule has 2 aliphatic rings. The van der Waals surface area contributed by atoms with Gasteiger partial charge in [0.25, 0.3) is 11.8 Å². The van der Waals surface area contributed by atoms with Crippen molar-refractivity contribution in [2.45, 2.75) is 26.4 Å². The van der Waals surface area contributed by atoms with Crippen LogP contribution in [0.3, 0.4) is 0 Å². The van der Waals surface area contributed by atoms with Gasteiger partial charge in [-0.1, -0.05) is 24.3 Å². The summed E-state index contributed by atoms with van der Waals surface area (Å²) in [5.41, 5.74) is 2.51. The summed E-state index contributed by atoms with van der Waals surface area (Å²) in [5, 5.41) is 0. The van der Waals surface area contributed by atoms with Crippen LogP contribution in [-0.4, -0.2) is 72.4 Å². The number of amides is 2. The first-order valence-electron chi connectivity index (χ1n) is 11.4. The Bertz CT molecular complexity index is 1040. The van der Waals surface area contributed by atoms with Crippen molar-refractivity contribution in [2.24, 2.45) is 0 Å². The summed E-state index contributed by atoms with van der Waals surface area (Å²) in [6.45, 7) is 7.20. The second-order valence-corrected chi connectivity index (χ2v) is 8.84. The molecule has 7 heteroatoms. The number of carbonyl (C=O) groups excluding carboxylic acids is 2. The molecule has 0 radical (unpaired) electrons. The Kier molecular flexibility index (Phi) is 6.79. The van der Waals surface area contributed by atoms with Gasteiger partial charge in [-0.05, 0) is 62.7 Å². The first-order chi connectivity index (χ1) is 15.8. The molecule has 33 heavy (non-hydrogen) atoms. The number of halogens is 1. The van der Waals surface area contributed by atoms with Gasteiger partial charge in [0.15, 0.2) is 0 Å². The van der Waals surface area contributed by atoms with E-state index in [0.29, 0.717) is 36.3 Å². The maximum absolute atomic E-state index is 13.5. The van der Waals surface area contributed by atoms with Crippen LogP contribution >= 0.6 is 0 Å². The van der Waals surface area contributed by atoms with Crippen LogP contribution in [0.5, 0.6) is 5.75 Å².